The fraction of sp³-hybridized carbons (Fsp3) is 0.0149. The van der Waals surface area contributed by atoms with Gasteiger partial charge in [0, 0.05) is 62.8 Å². The van der Waals surface area contributed by atoms with Crippen LogP contribution in [0.25, 0.3) is 122 Å². The first-order valence-electron chi connectivity index (χ1n) is 25.0. The van der Waals surface area contributed by atoms with E-state index in [1.807, 2.05) is 18.3 Å². The summed E-state index contributed by atoms with van der Waals surface area (Å²) in [5.74, 6) is 2.24. The second-order valence-electron chi connectivity index (χ2n) is 18.9. The molecule has 0 bridgehead atoms. The summed E-state index contributed by atoms with van der Waals surface area (Å²) in [6, 6.07) is 85.7. The number of pyridine rings is 1. The molecule has 0 spiro atoms. The number of fused-ring (bicyclic) bond motifs is 13. The molecule has 0 saturated heterocycles. The molecule has 0 N–H and O–H groups in total. The molecule has 10 aromatic carbocycles. The Balaban J connectivity index is 0.944. The minimum atomic E-state index is 0.706. The Bertz CT molecular complexity index is 4620. The third-order valence-corrected chi connectivity index (χ3v) is 14.8. The average Bonchev–Trinajstić information content (AvgIpc) is 4.33. The highest BCUT2D eigenvalue weighted by molar-refractivity contribution is 6.40. The first kappa shape index (κ1) is 41.8. The van der Waals surface area contributed by atoms with E-state index in [4.69, 9.17) is 9.72 Å². The Hall–Kier alpha value is -9.98. The molecule has 0 unspecified atom stereocenters. The highest BCUT2D eigenvalue weighted by atomic mass is 16.5. The second-order valence-corrected chi connectivity index (χ2v) is 18.9. The molecule has 7 heteroatoms. The van der Waals surface area contributed by atoms with Gasteiger partial charge in [-0.15, -0.1) is 0 Å². The van der Waals surface area contributed by atoms with Crippen LogP contribution < -0.4 is 9.30 Å². The topological polar surface area (TPSA) is 45.7 Å². The van der Waals surface area contributed by atoms with E-state index in [1.54, 1.807) is 0 Å². The van der Waals surface area contributed by atoms with E-state index < -0.39 is 0 Å². The van der Waals surface area contributed by atoms with Crippen LogP contribution in [-0.2, 0) is 7.05 Å². The zero-order valence-corrected chi connectivity index (χ0v) is 40.3. The van der Waals surface area contributed by atoms with Gasteiger partial charge in [-0.3, -0.25) is 13.7 Å². The number of ether oxygens (including phenoxy) is 1. The number of imidazole rings is 1. The van der Waals surface area contributed by atoms with Gasteiger partial charge in [0.05, 0.1) is 50.0 Å². The van der Waals surface area contributed by atoms with Crippen LogP contribution in [0, 0.1) is 6.33 Å². The monoisotopic (exact) mass is 948 g/mol. The van der Waals surface area contributed by atoms with Crippen molar-refractivity contribution < 1.29 is 9.30 Å². The van der Waals surface area contributed by atoms with Gasteiger partial charge in [0.15, 0.2) is 0 Å². The van der Waals surface area contributed by atoms with Gasteiger partial charge in [-0.05, 0) is 89.0 Å². The Morgan fingerprint density at radius 1 is 0.432 bits per heavy atom. The summed E-state index contributed by atoms with van der Waals surface area (Å²) in [5, 5.41) is 7.11. The molecule has 74 heavy (non-hydrogen) atoms. The van der Waals surface area contributed by atoms with Crippen molar-refractivity contribution in [3.8, 4) is 56.6 Å². The molecule has 348 valence electrons. The van der Waals surface area contributed by atoms with Crippen LogP contribution in [0.1, 0.15) is 0 Å². The van der Waals surface area contributed by atoms with Crippen molar-refractivity contribution in [2.45, 2.75) is 0 Å². The fourth-order valence-electron chi connectivity index (χ4n) is 11.7. The first-order chi connectivity index (χ1) is 36.7. The number of aromatic nitrogens is 6. The predicted octanol–water partition coefficient (Wildman–Crippen LogP) is 16.1. The molecule has 0 amide bonds. The summed E-state index contributed by atoms with van der Waals surface area (Å²) in [6.45, 7) is 0. The third-order valence-electron chi connectivity index (χ3n) is 14.8. The normalized spacial score (nSPS) is 11.9. The van der Waals surface area contributed by atoms with Crippen molar-refractivity contribution >= 4 is 76.5 Å². The van der Waals surface area contributed by atoms with Gasteiger partial charge in [0.1, 0.15) is 17.3 Å². The molecule has 0 radical (unpaired) electrons. The van der Waals surface area contributed by atoms with Crippen molar-refractivity contribution in [3.63, 3.8) is 0 Å². The molecule has 0 aliphatic heterocycles. The summed E-state index contributed by atoms with van der Waals surface area (Å²) in [6.07, 6.45) is 5.71. The molecule has 0 atom stereocenters. The van der Waals surface area contributed by atoms with Crippen LogP contribution in [0.3, 0.4) is 0 Å². The summed E-state index contributed by atoms with van der Waals surface area (Å²) < 4.78 is 18.6. The molecular formula is C67H44N6O. The molecule has 7 nitrogen and oxygen atoms in total. The largest absolute Gasteiger partial charge is 0.458 e. The molecule has 15 rings (SSSR count). The van der Waals surface area contributed by atoms with Crippen molar-refractivity contribution in [1.29, 1.82) is 0 Å². The summed E-state index contributed by atoms with van der Waals surface area (Å²) in [7, 11) is 2.21. The highest BCUT2D eigenvalue weighted by Crippen LogP contribution is 2.50. The maximum atomic E-state index is 7.01. The quantitative estimate of drug-likeness (QED) is 0.113. The lowest BCUT2D eigenvalue weighted by atomic mass is 9.95. The van der Waals surface area contributed by atoms with Crippen LogP contribution >= 0.6 is 0 Å². The molecule has 5 heterocycles. The van der Waals surface area contributed by atoms with Crippen LogP contribution in [-0.4, -0.2) is 23.3 Å². The van der Waals surface area contributed by atoms with E-state index in [-0.39, 0.29) is 0 Å². The van der Waals surface area contributed by atoms with Gasteiger partial charge in [0.2, 0.25) is 0 Å². The number of nitrogens with zero attached hydrogens (tertiary/aromatic N) is 6. The molecule has 0 aliphatic carbocycles. The Morgan fingerprint density at radius 3 is 1.74 bits per heavy atom. The van der Waals surface area contributed by atoms with E-state index in [0.717, 1.165) is 83.6 Å². The molecule has 5 aromatic heterocycles. The van der Waals surface area contributed by atoms with E-state index in [2.05, 4.69) is 267 Å². The van der Waals surface area contributed by atoms with Crippen LogP contribution in [0.4, 0.5) is 0 Å². The SMILES string of the molecule is Cn1c2ccccc2c2c3c4ccc(Oc5cccc(-[n+]6[c-]n(-c7c(-c8ccccc8)cccc7-c7ccccc7)c7ccccc76)c5)cc4n(-c4ccccn4)c3c3c(c4ccccc4n3-c3ccccc3)c21. The van der Waals surface area contributed by atoms with Gasteiger partial charge >= 0.3 is 0 Å². The number of para-hydroxylation sites is 6. The minimum Gasteiger partial charge on any atom is -0.458 e. The van der Waals surface area contributed by atoms with E-state index in [1.165, 1.54) is 38.0 Å². The van der Waals surface area contributed by atoms with Gasteiger partial charge in [-0.1, -0.05) is 170 Å². The smallest absolute Gasteiger partial charge is 0.269 e. The number of benzene rings is 10. The molecule has 0 fully saturated rings. The molecule has 0 saturated carbocycles. The van der Waals surface area contributed by atoms with E-state index in [0.29, 0.717) is 11.5 Å². The summed E-state index contributed by atoms with van der Waals surface area (Å²) in [4.78, 5) is 5.08. The zero-order chi connectivity index (χ0) is 48.9. The maximum absolute atomic E-state index is 7.01. The number of hydrogen-bond acceptors (Lipinski definition) is 2. The number of hydrogen-bond donors (Lipinski definition) is 0. The van der Waals surface area contributed by atoms with Crippen molar-refractivity contribution in [2.75, 3.05) is 0 Å². The summed E-state index contributed by atoms with van der Waals surface area (Å²) in [5.41, 5.74) is 16.4. The minimum absolute atomic E-state index is 0.706. The maximum Gasteiger partial charge on any atom is 0.269 e. The Morgan fingerprint density at radius 2 is 1.01 bits per heavy atom. The second kappa shape index (κ2) is 16.6. The lowest BCUT2D eigenvalue weighted by Crippen LogP contribution is -2.29. The summed E-state index contributed by atoms with van der Waals surface area (Å²) >= 11 is 0. The van der Waals surface area contributed by atoms with Crippen LogP contribution in [0.15, 0.2) is 249 Å². The molecule has 15 aromatic rings. The fourth-order valence-corrected chi connectivity index (χ4v) is 11.7. The van der Waals surface area contributed by atoms with Crippen LogP contribution in [0.2, 0.25) is 0 Å². The molecule has 0 aliphatic rings. The molecular weight excluding hydrogens is 905 g/mol. The van der Waals surface area contributed by atoms with Crippen molar-refractivity contribution in [3.05, 3.63) is 255 Å². The first-order valence-corrected chi connectivity index (χ1v) is 25.0. The third kappa shape index (κ3) is 6.26. The average molecular weight is 949 g/mol. The van der Waals surface area contributed by atoms with Gasteiger partial charge < -0.3 is 13.9 Å². The van der Waals surface area contributed by atoms with Gasteiger partial charge in [0.25, 0.3) is 6.33 Å². The highest BCUT2D eigenvalue weighted by Gasteiger charge is 2.28. The Kier molecular flexibility index (Phi) is 9.34. The Labute approximate surface area is 425 Å². The van der Waals surface area contributed by atoms with E-state index >= 15 is 0 Å². The van der Waals surface area contributed by atoms with Gasteiger partial charge in [-0.25, -0.2) is 4.98 Å². The van der Waals surface area contributed by atoms with Crippen LogP contribution in [0.5, 0.6) is 11.5 Å². The standard InChI is InChI=1S/C67H44N6O/c1-69-55-33-13-11-29-52(55)61-62-54-39-38-49(42-59(54)73(60-37-17-18-40-68-60)66(62)67-63(65(61)69)53-30-12-14-34-56(53)72(67)46-25-9-4-10-26-46)74-48-28-19-27-47(41-48)70-43-71(58-36-16-15-35-57(58)70)64-50(44-21-5-2-6-22-44)31-20-32-51(64)45-23-7-3-8-24-45/h2-42H,1H3. The van der Waals surface area contributed by atoms with Crippen molar-refractivity contribution in [1.82, 2.24) is 23.3 Å². The zero-order valence-electron chi connectivity index (χ0n) is 40.3. The van der Waals surface area contributed by atoms with Crippen molar-refractivity contribution in [2.24, 2.45) is 7.05 Å². The predicted molar refractivity (Wildman–Crippen MR) is 301 cm³/mol. The van der Waals surface area contributed by atoms with Gasteiger partial charge in [-0.2, -0.15) is 0 Å². The lowest BCUT2D eigenvalue weighted by Gasteiger charge is -2.17. The lowest BCUT2D eigenvalue weighted by molar-refractivity contribution is -0.572. The number of rotatable bonds is 8. The van der Waals surface area contributed by atoms with E-state index in [9.17, 15) is 0 Å². The number of aryl methyl sites for hydroxylation is 1.